The van der Waals surface area contributed by atoms with Crippen molar-refractivity contribution in [3.8, 4) is 17.0 Å². The van der Waals surface area contributed by atoms with Crippen LogP contribution >= 0.6 is 11.7 Å². The van der Waals surface area contributed by atoms with Crippen LogP contribution in [0.2, 0.25) is 0 Å². The van der Waals surface area contributed by atoms with E-state index in [2.05, 4.69) is 8.75 Å². The Bertz CT molecular complexity index is 372. The first kappa shape index (κ1) is 7.24. The molecule has 3 nitrogen and oxygen atoms in total. The van der Waals surface area contributed by atoms with Crippen LogP contribution in [-0.4, -0.2) is 13.9 Å². The molecule has 0 saturated heterocycles. The van der Waals surface area contributed by atoms with Gasteiger partial charge in [0.15, 0.2) is 0 Å². The quantitative estimate of drug-likeness (QED) is 0.725. The summed E-state index contributed by atoms with van der Waals surface area (Å²) in [7, 11) is 0. The molecule has 0 saturated carbocycles. The maximum atomic E-state index is 9.42. The third-order valence-corrected chi connectivity index (χ3v) is 2.02. The van der Waals surface area contributed by atoms with E-state index in [1.165, 1.54) is 0 Å². The van der Waals surface area contributed by atoms with E-state index < -0.39 is 0 Å². The molecule has 0 bridgehead atoms. The minimum Gasteiger partial charge on any atom is -0.507 e. The molecule has 1 aromatic carbocycles. The molecule has 0 aliphatic heterocycles. The van der Waals surface area contributed by atoms with Gasteiger partial charge in [-0.1, -0.05) is 12.1 Å². The third kappa shape index (κ3) is 1.16. The molecule has 4 heteroatoms. The molecular formula is C8H6N2OS. The number of benzene rings is 1. The van der Waals surface area contributed by atoms with Gasteiger partial charge in [0.2, 0.25) is 0 Å². The Labute approximate surface area is 73.6 Å². The lowest BCUT2D eigenvalue weighted by atomic mass is 10.1. The van der Waals surface area contributed by atoms with Crippen molar-refractivity contribution in [3.63, 3.8) is 0 Å². The van der Waals surface area contributed by atoms with Gasteiger partial charge in [0, 0.05) is 5.56 Å². The van der Waals surface area contributed by atoms with Crippen LogP contribution in [0.5, 0.6) is 5.75 Å². The van der Waals surface area contributed by atoms with Crippen molar-refractivity contribution in [1.29, 1.82) is 0 Å². The molecule has 0 spiro atoms. The van der Waals surface area contributed by atoms with Gasteiger partial charge in [-0.05, 0) is 12.1 Å². The summed E-state index contributed by atoms with van der Waals surface area (Å²) in [5.74, 6) is 0.241. The zero-order chi connectivity index (χ0) is 8.39. The van der Waals surface area contributed by atoms with E-state index >= 15 is 0 Å². The van der Waals surface area contributed by atoms with Gasteiger partial charge < -0.3 is 5.11 Å². The average Bonchev–Trinajstić information content (AvgIpc) is 2.57. The number of hydrogen-bond acceptors (Lipinski definition) is 4. The van der Waals surface area contributed by atoms with E-state index in [0.717, 1.165) is 23.0 Å². The minimum absolute atomic E-state index is 0.241. The van der Waals surface area contributed by atoms with Crippen LogP contribution in [0.4, 0.5) is 0 Å². The lowest BCUT2D eigenvalue weighted by molar-refractivity contribution is 0.477. The molecule has 2 aromatic rings. The summed E-state index contributed by atoms with van der Waals surface area (Å²) in [6.07, 6.45) is 1.64. The van der Waals surface area contributed by atoms with Crippen LogP contribution in [0.25, 0.3) is 11.3 Å². The number of para-hydroxylation sites is 1. The van der Waals surface area contributed by atoms with Gasteiger partial charge in [0.1, 0.15) is 11.4 Å². The van der Waals surface area contributed by atoms with Gasteiger partial charge in [-0.3, -0.25) is 0 Å². The Morgan fingerprint density at radius 1 is 1.25 bits per heavy atom. The molecule has 0 aliphatic rings. The maximum Gasteiger partial charge on any atom is 0.125 e. The van der Waals surface area contributed by atoms with Gasteiger partial charge in [-0.25, -0.2) is 0 Å². The summed E-state index contributed by atoms with van der Waals surface area (Å²) in [5, 5.41) is 9.42. The number of aromatic hydroxyl groups is 1. The van der Waals surface area contributed by atoms with Crippen LogP contribution in [0.3, 0.4) is 0 Å². The predicted octanol–water partition coefficient (Wildman–Crippen LogP) is 1.91. The van der Waals surface area contributed by atoms with Gasteiger partial charge in [-0.2, -0.15) is 8.75 Å². The van der Waals surface area contributed by atoms with Crippen molar-refractivity contribution < 1.29 is 5.11 Å². The van der Waals surface area contributed by atoms with Crippen molar-refractivity contribution in [1.82, 2.24) is 8.75 Å². The number of hydrogen-bond donors (Lipinski definition) is 1. The molecule has 0 amide bonds. The van der Waals surface area contributed by atoms with Gasteiger partial charge >= 0.3 is 0 Å². The fourth-order valence-corrected chi connectivity index (χ4v) is 1.40. The van der Waals surface area contributed by atoms with Crippen molar-refractivity contribution in [2.45, 2.75) is 0 Å². The molecular weight excluding hydrogens is 172 g/mol. The predicted molar refractivity (Wildman–Crippen MR) is 47.0 cm³/mol. The van der Waals surface area contributed by atoms with E-state index in [9.17, 15) is 5.11 Å². The number of aromatic nitrogens is 2. The topological polar surface area (TPSA) is 46.0 Å². The number of phenolic OH excluding ortho intramolecular Hbond substituents is 1. The molecule has 12 heavy (non-hydrogen) atoms. The second-order valence-corrected chi connectivity index (χ2v) is 2.87. The second-order valence-electron chi connectivity index (χ2n) is 2.31. The van der Waals surface area contributed by atoms with Crippen molar-refractivity contribution >= 4 is 11.7 Å². The van der Waals surface area contributed by atoms with Gasteiger partial charge in [0.25, 0.3) is 0 Å². The van der Waals surface area contributed by atoms with E-state index in [-0.39, 0.29) is 5.75 Å². The summed E-state index contributed by atoms with van der Waals surface area (Å²) in [4.78, 5) is 0. The largest absolute Gasteiger partial charge is 0.507 e. The normalized spacial score (nSPS) is 10.0. The maximum absolute atomic E-state index is 9.42. The molecule has 0 unspecified atom stereocenters. The molecule has 1 N–H and O–H groups in total. The Morgan fingerprint density at radius 2 is 2.08 bits per heavy atom. The minimum atomic E-state index is 0.241. The van der Waals surface area contributed by atoms with Gasteiger partial charge in [0.05, 0.1) is 17.9 Å². The van der Waals surface area contributed by atoms with Gasteiger partial charge in [-0.15, -0.1) is 0 Å². The summed E-state index contributed by atoms with van der Waals surface area (Å²) in [6, 6.07) is 7.08. The monoisotopic (exact) mass is 178 g/mol. The standard InChI is InChI=1S/C8H6N2OS/c11-8-4-2-1-3-6(8)7-5-9-12-10-7/h1-5,11H. The van der Waals surface area contributed by atoms with Crippen molar-refractivity contribution in [2.75, 3.05) is 0 Å². The average molecular weight is 178 g/mol. The highest BCUT2D eigenvalue weighted by atomic mass is 32.1. The molecule has 0 atom stereocenters. The molecule has 0 fully saturated rings. The van der Waals surface area contributed by atoms with Crippen LogP contribution in [0, 0.1) is 0 Å². The Balaban J connectivity index is 2.55. The van der Waals surface area contributed by atoms with Crippen LogP contribution in [-0.2, 0) is 0 Å². The highest BCUT2D eigenvalue weighted by Gasteiger charge is 2.04. The fraction of sp³-hybridized carbons (Fsp3) is 0. The third-order valence-electron chi connectivity index (χ3n) is 1.54. The van der Waals surface area contributed by atoms with E-state index in [1.54, 1.807) is 18.3 Å². The number of rotatable bonds is 1. The first-order valence-corrected chi connectivity index (χ1v) is 4.17. The van der Waals surface area contributed by atoms with E-state index in [1.807, 2.05) is 12.1 Å². The van der Waals surface area contributed by atoms with Crippen LogP contribution in [0.15, 0.2) is 30.5 Å². The van der Waals surface area contributed by atoms with E-state index in [0.29, 0.717) is 0 Å². The molecule has 0 aliphatic carbocycles. The molecule has 2 rings (SSSR count). The Hall–Kier alpha value is -1.42. The lowest BCUT2D eigenvalue weighted by Gasteiger charge is -1.97. The number of phenols is 1. The first-order valence-electron chi connectivity index (χ1n) is 3.44. The lowest BCUT2D eigenvalue weighted by Crippen LogP contribution is -1.76. The van der Waals surface area contributed by atoms with Crippen LogP contribution < -0.4 is 0 Å². The van der Waals surface area contributed by atoms with Crippen LogP contribution in [0.1, 0.15) is 0 Å². The summed E-state index contributed by atoms with van der Waals surface area (Å²) >= 11 is 1.13. The van der Waals surface area contributed by atoms with Crippen molar-refractivity contribution in [3.05, 3.63) is 30.5 Å². The first-order chi connectivity index (χ1) is 5.88. The molecule has 1 heterocycles. The Kier molecular flexibility index (Phi) is 1.75. The summed E-state index contributed by atoms with van der Waals surface area (Å²) < 4.78 is 7.88. The molecule has 1 aromatic heterocycles. The summed E-state index contributed by atoms with van der Waals surface area (Å²) in [6.45, 7) is 0. The highest BCUT2D eigenvalue weighted by Crippen LogP contribution is 2.26. The van der Waals surface area contributed by atoms with Crippen molar-refractivity contribution in [2.24, 2.45) is 0 Å². The molecule has 60 valence electrons. The molecule has 0 radical (unpaired) electrons. The zero-order valence-electron chi connectivity index (χ0n) is 6.14. The fourth-order valence-electron chi connectivity index (χ4n) is 0.974. The summed E-state index contributed by atoms with van der Waals surface area (Å²) in [5.41, 5.74) is 1.45. The second kappa shape index (κ2) is 2.91. The highest BCUT2D eigenvalue weighted by molar-refractivity contribution is 6.99. The van der Waals surface area contributed by atoms with E-state index in [4.69, 9.17) is 0 Å². The Morgan fingerprint density at radius 3 is 2.75 bits per heavy atom. The number of nitrogens with zero attached hydrogens (tertiary/aromatic N) is 2. The zero-order valence-corrected chi connectivity index (χ0v) is 6.95. The smallest absolute Gasteiger partial charge is 0.125 e. The SMILES string of the molecule is Oc1ccccc1-c1cnsn1.